The van der Waals surface area contributed by atoms with Gasteiger partial charge in [-0.15, -0.1) is 0 Å². The molecule has 0 radical (unpaired) electrons. The second kappa shape index (κ2) is 7.92. The van der Waals surface area contributed by atoms with Gasteiger partial charge in [0.15, 0.2) is 0 Å². The molecule has 4 nitrogen and oxygen atoms in total. The first kappa shape index (κ1) is 15.7. The number of rotatable bonds is 7. The third kappa shape index (κ3) is 5.85. The number of hydrogen-bond acceptors (Lipinski definition) is 3. The van der Waals surface area contributed by atoms with Crippen molar-refractivity contribution in [1.29, 1.82) is 0 Å². The van der Waals surface area contributed by atoms with E-state index in [1.807, 2.05) is 45.3 Å². The highest BCUT2D eigenvalue weighted by molar-refractivity contribution is 5.92. The molecular weight excluding hydrogens is 238 g/mol. The third-order valence-electron chi connectivity index (χ3n) is 3.01. The molecule has 1 aromatic carbocycles. The zero-order valence-corrected chi connectivity index (χ0v) is 12.1. The van der Waals surface area contributed by atoms with Gasteiger partial charge in [0.05, 0.1) is 0 Å². The number of benzene rings is 1. The fourth-order valence-corrected chi connectivity index (χ4v) is 1.88. The molecule has 1 rings (SSSR count). The van der Waals surface area contributed by atoms with Crippen molar-refractivity contribution in [3.05, 3.63) is 29.8 Å². The van der Waals surface area contributed by atoms with Crippen LogP contribution >= 0.6 is 0 Å². The molecule has 0 fully saturated rings. The van der Waals surface area contributed by atoms with Crippen LogP contribution in [0.25, 0.3) is 0 Å². The number of nitrogens with zero attached hydrogens (tertiary/aromatic N) is 1. The molecule has 1 amide bonds. The van der Waals surface area contributed by atoms with E-state index < -0.39 is 0 Å². The molecule has 1 unspecified atom stereocenters. The van der Waals surface area contributed by atoms with E-state index in [1.165, 1.54) is 5.56 Å². The fraction of sp³-hybridized carbons (Fsp3) is 0.533. The predicted molar refractivity (Wildman–Crippen MR) is 79.9 cm³/mol. The number of carbonyl (C=O) groups is 1. The van der Waals surface area contributed by atoms with Crippen LogP contribution in [-0.2, 0) is 11.3 Å². The van der Waals surface area contributed by atoms with E-state index in [0.717, 1.165) is 25.1 Å². The van der Waals surface area contributed by atoms with Gasteiger partial charge in [-0.1, -0.05) is 19.1 Å². The van der Waals surface area contributed by atoms with Gasteiger partial charge >= 0.3 is 0 Å². The van der Waals surface area contributed by atoms with Crippen molar-refractivity contribution in [1.82, 2.24) is 4.90 Å². The summed E-state index contributed by atoms with van der Waals surface area (Å²) >= 11 is 0. The number of nitrogens with one attached hydrogen (secondary N) is 1. The fourth-order valence-electron chi connectivity index (χ4n) is 1.88. The van der Waals surface area contributed by atoms with E-state index in [4.69, 9.17) is 5.73 Å². The first-order valence-electron chi connectivity index (χ1n) is 6.77. The van der Waals surface area contributed by atoms with Crippen LogP contribution in [0, 0.1) is 5.92 Å². The summed E-state index contributed by atoms with van der Waals surface area (Å²) in [6, 6.07) is 7.99. The van der Waals surface area contributed by atoms with Crippen LogP contribution in [-0.4, -0.2) is 31.4 Å². The number of nitrogens with two attached hydrogens (primary N) is 1. The van der Waals surface area contributed by atoms with E-state index in [0.29, 0.717) is 6.54 Å². The van der Waals surface area contributed by atoms with Crippen molar-refractivity contribution >= 4 is 11.6 Å². The largest absolute Gasteiger partial charge is 0.330 e. The number of amides is 1. The minimum atomic E-state index is 0.00463. The van der Waals surface area contributed by atoms with E-state index >= 15 is 0 Å². The zero-order valence-electron chi connectivity index (χ0n) is 12.1. The van der Waals surface area contributed by atoms with Crippen molar-refractivity contribution in [2.45, 2.75) is 26.3 Å². The summed E-state index contributed by atoms with van der Waals surface area (Å²) in [5, 5.41) is 2.94. The van der Waals surface area contributed by atoms with Crippen LogP contribution in [0.15, 0.2) is 24.3 Å². The van der Waals surface area contributed by atoms with Crippen LogP contribution in [0.4, 0.5) is 5.69 Å². The monoisotopic (exact) mass is 263 g/mol. The van der Waals surface area contributed by atoms with Crippen molar-refractivity contribution in [2.24, 2.45) is 11.7 Å². The summed E-state index contributed by atoms with van der Waals surface area (Å²) in [5.41, 5.74) is 7.54. The Bertz CT molecular complexity index is 387. The molecule has 0 aliphatic carbocycles. The Labute approximate surface area is 116 Å². The van der Waals surface area contributed by atoms with Gasteiger partial charge in [-0.3, -0.25) is 4.79 Å². The lowest BCUT2D eigenvalue weighted by Gasteiger charge is -2.13. The second-order valence-electron chi connectivity index (χ2n) is 5.26. The topological polar surface area (TPSA) is 58.4 Å². The minimum absolute atomic E-state index is 0.00463. The van der Waals surface area contributed by atoms with Gasteiger partial charge in [0, 0.05) is 18.2 Å². The van der Waals surface area contributed by atoms with Crippen LogP contribution < -0.4 is 11.1 Å². The number of carbonyl (C=O) groups excluding carboxylic acids is 1. The van der Waals surface area contributed by atoms with Gasteiger partial charge in [-0.05, 0) is 51.2 Å². The lowest BCUT2D eigenvalue weighted by molar-refractivity contribution is -0.119. The van der Waals surface area contributed by atoms with E-state index in [1.54, 1.807) is 0 Å². The molecular formula is C15H25N3O. The highest BCUT2D eigenvalue weighted by Crippen LogP contribution is 2.13. The highest BCUT2D eigenvalue weighted by Gasteiger charge is 2.12. The lowest BCUT2D eigenvalue weighted by Crippen LogP contribution is -2.21. The summed E-state index contributed by atoms with van der Waals surface area (Å²) in [6.07, 6.45) is 1.72. The summed E-state index contributed by atoms with van der Waals surface area (Å²) < 4.78 is 0. The maximum atomic E-state index is 11.9. The molecule has 0 aliphatic heterocycles. The average molecular weight is 263 g/mol. The Morgan fingerprint density at radius 3 is 2.47 bits per heavy atom. The Morgan fingerprint density at radius 1 is 1.32 bits per heavy atom. The SMILES string of the molecule is CC(CCCN)C(=O)Nc1ccc(CN(C)C)cc1. The Hall–Kier alpha value is -1.39. The Kier molecular flexibility index (Phi) is 6.53. The maximum Gasteiger partial charge on any atom is 0.227 e. The van der Waals surface area contributed by atoms with Crippen molar-refractivity contribution in [3.63, 3.8) is 0 Å². The van der Waals surface area contributed by atoms with Gasteiger partial charge < -0.3 is 16.0 Å². The molecule has 0 aliphatic rings. The quantitative estimate of drug-likeness (QED) is 0.791. The standard InChI is InChI=1S/C15H25N3O/c1-12(5-4-10-16)15(19)17-14-8-6-13(7-9-14)11-18(2)3/h6-9,12H,4-5,10-11,16H2,1-3H3,(H,17,19). The van der Waals surface area contributed by atoms with E-state index in [2.05, 4.69) is 10.2 Å². The summed E-state index contributed by atoms with van der Waals surface area (Å²) in [4.78, 5) is 14.0. The first-order valence-corrected chi connectivity index (χ1v) is 6.77. The average Bonchev–Trinajstić information content (AvgIpc) is 2.37. The second-order valence-corrected chi connectivity index (χ2v) is 5.26. The van der Waals surface area contributed by atoms with Crippen LogP contribution in [0.5, 0.6) is 0 Å². The molecule has 0 aromatic heterocycles. The van der Waals surface area contributed by atoms with Crippen LogP contribution in [0.3, 0.4) is 0 Å². The molecule has 0 spiro atoms. The Morgan fingerprint density at radius 2 is 1.95 bits per heavy atom. The molecule has 106 valence electrons. The smallest absolute Gasteiger partial charge is 0.227 e. The molecule has 1 atom stereocenters. The highest BCUT2D eigenvalue weighted by atomic mass is 16.1. The van der Waals surface area contributed by atoms with Gasteiger partial charge in [0.25, 0.3) is 0 Å². The van der Waals surface area contributed by atoms with Crippen LogP contribution in [0.2, 0.25) is 0 Å². The molecule has 0 heterocycles. The van der Waals surface area contributed by atoms with Gasteiger partial charge in [0.1, 0.15) is 0 Å². The molecule has 19 heavy (non-hydrogen) atoms. The van der Waals surface area contributed by atoms with Crippen molar-refractivity contribution in [3.8, 4) is 0 Å². The zero-order chi connectivity index (χ0) is 14.3. The molecule has 0 saturated heterocycles. The van der Waals surface area contributed by atoms with Crippen molar-refractivity contribution in [2.75, 3.05) is 26.0 Å². The molecule has 3 N–H and O–H groups in total. The molecule has 4 heteroatoms. The minimum Gasteiger partial charge on any atom is -0.330 e. The predicted octanol–water partition coefficient (Wildman–Crippen LogP) is 2.06. The number of hydrogen-bond donors (Lipinski definition) is 2. The summed E-state index contributed by atoms with van der Waals surface area (Å²) in [6.45, 7) is 3.48. The maximum absolute atomic E-state index is 11.9. The summed E-state index contributed by atoms with van der Waals surface area (Å²) in [7, 11) is 4.07. The van der Waals surface area contributed by atoms with E-state index in [-0.39, 0.29) is 11.8 Å². The number of anilines is 1. The first-order chi connectivity index (χ1) is 9.02. The lowest BCUT2D eigenvalue weighted by atomic mass is 10.0. The third-order valence-corrected chi connectivity index (χ3v) is 3.01. The molecule has 1 aromatic rings. The van der Waals surface area contributed by atoms with Crippen LogP contribution in [0.1, 0.15) is 25.3 Å². The van der Waals surface area contributed by atoms with Gasteiger partial charge in [-0.2, -0.15) is 0 Å². The normalized spacial score (nSPS) is 12.5. The van der Waals surface area contributed by atoms with Gasteiger partial charge in [0.2, 0.25) is 5.91 Å². The summed E-state index contributed by atoms with van der Waals surface area (Å²) in [5.74, 6) is 0.0683. The molecule has 0 saturated carbocycles. The van der Waals surface area contributed by atoms with E-state index in [9.17, 15) is 4.79 Å². The molecule has 0 bridgehead atoms. The van der Waals surface area contributed by atoms with Gasteiger partial charge in [-0.25, -0.2) is 0 Å². The van der Waals surface area contributed by atoms with Crippen molar-refractivity contribution < 1.29 is 4.79 Å². The Balaban J connectivity index is 2.50.